The highest BCUT2D eigenvalue weighted by Crippen LogP contribution is 2.59. The van der Waals surface area contributed by atoms with Crippen LogP contribution in [0, 0.1) is 0 Å². The first-order valence-corrected chi connectivity index (χ1v) is 23.6. The molecule has 68 heavy (non-hydrogen) atoms. The molecule has 0 saturated carbocycles. The van der Waals surface area contributed by atoms with Crippen molar-refractivity contribution < 1.29 is 0 Å². The monoisotopic (exact) mass is 863 g/mol. The summed E-state index contributed by atoms with van der Waals surface area (Å²) in [6, 6.07) is 101. The van der Waals surface area contributed by atoms with E-state index in [1.807, 2.05) is 0 Å². The molecule has 13 rings (SSSR count). The topological polar surface area (TPSA) is 3.24 Å². The van der Waals surface area contributed by atoms with Gasteiger partial charge in [-0.05, 0) is 136 Å². The van der Waals surface area contributed by atoms with Gasteiger partial charge in [-0.15, -0.1) is 0 Å². The molecule has 0 aliphatic heterocycles. The molecule has 0 N–H and O–H groups in total. The van der Waals surface area contributed by atoms with Gasteiger partial charge in [0.05, 0.1) is 11.1 Å². The van der Waals surface area contributed by atoms with E-state index in [1.54, 1.807) is 0 Å². The zero-order valence-electron chi connectivity index (χ0n) is 37.4. The fraction of sp³-hybridized carbons (Fsp3) is 0.0149. The van der Waals surface area contributed by atoms with Crippen molar-refractivity contribution >= 4 is 49.4 Å². The van der Waals surface area contributed by atoms with Crippen LogP contribution in [-0.4, -0.2) is 0 Å². The summed E-state index contributed by atoms with van der Waals surface area (Å²) in [6.07, 6.45) is 0. The van der Waals surface area contributed by atoms with E-state index in [4.69, 9.17) is 0 Å². The second-order valence-corrected chi connectivity index (χ2v) is 18.0. The van der Waals surface area contributed by atoms with Gasteiger partial charge in [-0.25, -0.2) is 0 Å². The Morgan fingerprint density at radius 1 is 0.265 bits per heavy atom. The van der Waals surface area contributed by atoms with Gasteiger partial charge in [-0.2, -0.15) is 0 Å². The van der Waals surface area contributed by atoms with E-state index in [9.17, 15) is 0 Å². The zero-order valence-corrected chi connectivity index (χ0v) is 37.4. The molecule has 12 aromatic rings. The maximum Gasteiger partial charge on any atom is 0.0714 e. The van der Waals surface area contributed by atoms with Crippen LogP contribution in [0.1, 0.15) is 22.3 Å². The summed E-state index contributed by atoms with van der Waals surface area (Å²) < 4.78 is 0. The molecule has 0 heterocycles. The highest BCUT2D eigenvalue weighted by molar-refractivity contribution is 6.08. The molecule has 1 aliphatic rings. The fourth-order valence-corrected chi connectivity index (χ4v) is 11.2. The molecule has 0 atom stereocenters. The van der Waals surface area contributed by atoms with Crippen LogP contribution in [0.2, 0.25) is 0 Å². The lowest BCUT2D eigenvalue weighted by molar-refractivity contribution is 0.768. The molecule has 0 fully saturated rings. The van der Waals surface area contributed by atoms with Gasteiger partial charge >= 0.3 is 0 Å². The van der Waals surface area contributed by atoms with Crippen molar-refractivity contribution in [1.82, 2.24) is 0 Å². The third kappa shape index (κ3) is 6.39. The Kier molecular flexibility index (Phi) is 9.47. The van der Waals surface area contributed by atoms with E-state index in [-0.39, 0.29) is 0 Å². The van der Waals surface area contributed by atoms with Crippen LogP contribution in [-0.2, 0) is 5.41 Å². The van der Waals surface area contributed by atoms with Gasteiger partial charge in [0.15, 0.2) is 0 Å². The van der Waals surface area contributed by atoms with E-state index in [2.05, 4.69) is 278 Å². The van der Waals surface area contributed by atoms with Crippen LogP contribution in [0.3, 0.4) is 0 Å². The maximum atomic E-state index is 2.47. The van der Waals surface area contributed by atoms with Crippen molar-refractivity contribution in [2.24, 2.45) is 0 Å². The summed E-state index contributed by atoms with van der Waals surface area (Å²) in [6.45, 7) is 0. The third-order valence-electron chi connectivity index (χ3n) is 14.3. The molecule has 0 saturated heterocycles. The lowest BCUT2D eigenvalue weighted by Crippen LogP contribution is -2.28. The molecule has 0 radical (unpaired) electrons. The summed E-state index contributed by atoms with van der Waals surface area (Å²) in [7, 11) is 0. The number of anilines is 3. The van der Waals surface area contributed by atoms with Gasteiger partial charge in [0.2, 0.25) is 0 Å². The predicted molar refractivity (Wildman–Crippen MR) is 287 cm³/mol. The number of hydrogen-bond donors (Lipinski definition) is 0. The average Bonchev–Trinajstić information content (AvgIpc) is 3.73. The van der Waals surface area contributed by atoms with Crippen LogP contribution in [0.4, 0.5) is 17.1 Å². The molecule has 1 aliphatic carbocycles. The summed E-state index contributed by atoms with van der Waals surface area (Å²) in [5.41, 5.74) is 17.6. The molecule has 0 bridgehead atoms. The predicted octanol–water partition coefficient (Wildman–Crippen LogP) is 18.0. The van der Waals surface area contributed by atoms with E-state index in [0.717, 1.165) is 17.1 Å². The Morgan fingerprint density at radius 3 is 1.47 bits per heavy atom. The van der Waals surface area contributed by atoms with Crippen LogP contribution < -0.4 is 4.90 Å². The highest BCUT2D eigenvalue weighted by Gasteiger charge is 2.47. The lowest BCUT2D eigenvalue weighted by Gasteiger charge is -2.34. The third-order valence-corrected chi connectivity index (χ3v) is 14.3. The number of benzene rings is 12. The fourth-order valence-electron chi connectivity index (χ4n) is 11.2. The number of rotatable bonds is 8. The molecular weight excluding hydrogens is 819 g/mol. The van der Waals surface area contributed by atoms with Gasteiger partial charge in [0.25, 0.3) is 0 Å². The summed E-state index contributed by atoms with van der Waals surface area (Å²) in [5, 5.41) is 7.58. The minimum atomic E-state index is -0.514. The highest BCUT2D eigenvalue weighted by atomic mass is 15.1. The molecular formula is C67H45N. The van der Waals surface area contributed by atoms with Gasteiger partial charge < -0.3 is 4.90 Å². The summed E-state index contributed by atoms with van der Waals surface area (Å²) in [5.74, 6) is 0. The van der Waals surface area contributed by atoms with Crippen LogP contribution >= 0.6 is 0 Å². The van der Waals surface area contributed by atoms with Crippen molar-refractivity contribution in [3.8, 4) is 44.5 Å². The molecule has 0 unspecified atom stereocenters. The maximum absolute atomic E-state index is 2.47. The van der Waals surface area contributed by atoms with Crippen molar-refractivity contribution in [3.05, 3.63) is 295 Å². The molecule has 12 aromatic carbocycles. The first-order valence-electron chi connectivity index (χ1n) is 23.6. The van der Waals surface area contributed by atoms with E-state index < -0.39 is 5.41 Å². The molecule has 0 amide bonds. The number of nitrogens with zero attached hydrogens (tertiary/aromatic N) is 1. The van der Waals surface area contributed by atoms with Crippen molar-refractivity contribution in [2.75, 3.05) is 4.90 Å². The Hall–Kier alpha value is -8.78. The molecule has 1 heteroatoms. The normalized spacial score (nSPS) is 12.5. The van der Waals surface area contributed by atoms with Crippen molar-refractivity contribution in [3.63, 3.8) is 0 Å². The largest absolute Gasteiger partial charge is 0.310 e. The molecule has 1 nitrogen and oxygen atoms in total. The van der Waals surface area contributed by atoms with Crippen molar-refractivity contribution in [2.45, 2.75) is 5.41 Å². The van der Waals surface area contributed by atoms with Gasteiger partial charge in [-0.1, -0.05) is 231 Å². The SMILES string of the molecule is c1ccc(C2(c3ccccc3)c3ccccc3-c3c(N(c4ccc(-c5cccc(-c6cccc7ccccc67)c5)cc4)c4ccc(-c5ccc6c(ccc7ccccc76)c5)cc4)cccc32)cc1. The second kappa shape index (κ2) is 16.3. The average molecular weight is 864 g/mol. The molecule has 0 spiro atoms. The van der Waals surface area contributed by atoms with Crippen LogP contribution in [0.15, 0.2) is 273 Å². The Morgan fingerprint density at radius 2 is 0.750 bits per heavy atom. The van der Waals surface area contributed by atoms with E-state index in [1.165, 1.54) is 99.1 Å². The standard InChI is InChI=1S/C67H45N/c1-3-21-54(22-4-1)67(55-23-5-2-6-24-55)63-29-12-11-27-62(63)66-64(67)30-15-31-65(66)68(57-41-36-47(37-42-57)51-38-43-61-53(45-51)33-32-49-17-8-10-26-59(49)61)56-39-34-46(35-40-56)50-19-13-20-52(44-50)60-28-14-18-48-16-7-9-25-58(48)60/h1-45H. The van der Waals surface area contributed by atoms with Crippen LogP contribution in [0.5, 0.6) is 0 Å². The second-order valence-electron chi connectivity index (χ2n) is 18.0. The molecule has 0 aromatic heterocycles. The van der Waals surface area contributed by atoms with E-state index in [0.29, 0.717) is 0 Å². The Balaban J connectivity index is 0.970. The first-order chi connectivity index (χ1) is 33.7. The Labute approximate surface area is 397 Å². The van der Waals surface area contributed by atoms with Crippen LogP contribution in [0.25, 0.3) is 76.8 Å². The minimum absolute atomic E-state index is 0.514. The number of hydrogen-bond acceptors (Lipinski definition) is 1. The van der Waals surface area contributed by atoms with Gasteiger partial charge in [-0.3, -0.25) is 0 Å². The lowest BCUT2D eigenvalue weighted by atomic mass is 9.68. The number of fused-ring (bicyclic) bond motifs is 7. The molecule has 318 valence electrons. The summed E-state index contributed by atoms with van der Waals surface area (Å²) >= 11 is 0. The van der Waals surface area contributed by atoms with E-state index >= 15 is 0 Å². The summed E-state index contributed by atoms with van der Waals surface area (Å²) in [4.78, 5) is 2.47. The first kappa shape index (κ1) is 39.6. The minimum Gasteiger partial charge on any atom is -0.310 e. The smallest absolute Gasteiger partial charge is 0.0714 e. The van der Waals surface area contributed by atoms with Gasteiger partial charge in [0, 0.05) is 16.9 Å². The van der Waals surface area contributed by atoms with Crippen molar-refractivity contribution in [1.29, 1.82) is 0 Å². The quantitative estimate of drug-likeness (QED) is 0.138. The Bertz CT molecular complexity index is 3790. The zero-order chi connectivity index (χ0) is 45.0. The van der Waals surface area contributed by atoms with Gasteiger partial charge in [0.1, 0.15) is 0 Å².